The highest BCUT2D eigenvalue weighted by Gasteiger charge is 2.29. The number of aliphatic hydroxyl groups is 1. The predicted molar refractivity (Wildman–Crippen MR) is 127 cm³/mol. The van der Waals surface area contributed by atoms with Crippen LogP contribution in [0.25, 0.3) is 22.2 Å². The van der Waals surface area contributed by atoms with Crippen LogP contribution in [-0.4, -0.2) is 63.7 Å². The highest BCUT2D eigenvalue weighted by molar-refractivity contribution is 5.94. The van der Waals surface area contributed by atoms with Gasteiger partial charge in [0.2, 0.25) is 0 Å². The van der Waals surface area contributed by atoms with Crippen molar-refractivity contribution in [3.8, 4) is 11.4 Å². The molecule has 1 N–H and O–H groups in total. The lowest BCUT2D eigenvalue weighted by Crippen LogP contribution is -2.54. The maximum Gasteiger partial charge on any atom is 0.159 e. The van der Waals surface area contributed by atoms with Crippen molar-refractivity contribution >= 4 is 10.8 Å². The Morgan fingerprint density at radius 3 is 2.48 bits per heavy atom. The zero-order chi connectivity index (χ0) is 21.8. The van der Waals surface area contributed by atoms with Crippen LogP contribution in [0, 0.1) is 5.41 Å². The number of aliphatic hydroxyl groups excluding tert-OH is 1. The molecular formula is C26H34N4O. The second-order valence-electron chi connectivity index (χ2n) is 9.87. The molecule has 1 fully saturated rings. The zero-order valence-electron chi connectivity index (χ0n) is 19.0. The van der Waals surface area contributed by atoms with Crippen molar-refractivity contribution in [3.63, 3.8) is 0 Å². The van der Waals surface area contributed by atoms with E-state index in [-0.39, 0.29) is 12.0 Å². The average molecular weight is 419 g/mol. The summed E-state index contributed by atoms with van der Waals surface area (Å²) >= 11 is 0. The van der Waals surface area contributed by atoms with E-state index in [9.17, 15) is 5.11 Å². The summed E-state index contributed by atoms with van der Waals surface area (Å²) < 4.78 is 0. The molecule has 164 valence electrons. The van der Waals surface area contributed by atoms with E-state index in [1.54, 1.807) is 0 Å². The van der Waals surface area contributed by atoms with E-state index in [0.717, 1.165) is 56.1 Å². The van der Waals surface area contributed by atoms with Gasteiger partial charge in [-0.2, -0.15) is 0 Å². The van der Waals surface area contributed by atoms with Crippen molar-refractivity contribution in [1.29, 1.82) is 0 Å². The van der Waals surface area contributed by atoms with Gasteiger partial charge in [0.25, 0.3) is 0 Å². The fraction of sp³-hybridized carbons (Fsp3) is 0.462. The summed E-state index contributed by atoms with van der Waals surface area (Å²) in [6, 6.07) is 15.0. The third-order valence-corrected chi connectivity index (χ3v) is 5.97. The van der Waals surface area contributed by atoms with E-state index in [1.807, 2.05) is 12.4 Å². The highest BCUT2D eigenvalue weighted by Crippen LogP contribution is 2.26. The van der Waals surface area contributed by atoms with Gasteiger partial charge in [-0.05, 0) is 22.6 Å². The summed E-state index contributed by atoms with van der Waals surface area (Å²) in [7, 11) is 0. The van der Waals surface area contributed by atoms with Crippen LogP contribution in [0.15, 0.2) is 54.9 Å². The molecule has 3 aromatic rings. The molecule has 0 bridgehead atoms. The summed E-state index contributed by atoms with van der Waals surface area (Å²) in [6.45, 7) is 12.0. The molecule has 0 radical (unpaired) electrons. The second kappa shape index (κ2) is 9.43. The first-order valence-corrected chi connectivity index (χ1v) is 11.3. The van der Waals surface area contributed by atoms with E-state index >= 15 is 0 Å². The van der Waals surface area contributed by atoms with Crippen LogP contribution in [0.4, 0.5) is 0 Å². The monoisotopic (exact) mass is 418 g/mol. The lowest BCUT2D eigenvalue weighted by atomic mass is 9.94. The highest BCUT2D eigenvalue weighted by atomic mass is 16.3. The first-order valence-electron chi connectivity index (χ1n) is 11.3. The third kappa shape index (κ3) is 5.48. The van der Waals surface area contributed by atoms with E-state index in [2.05, 4.69) is 73.0 Å². The molecular weight excluding hydrogens is 384 g/mol. The lowest BCUT2D eigenvalue weighted by molar-refractivity contribution is 0.0339. The molecule has 2 aromatic carbocycles. The number of nitrogens with zero attached hydrogens (tertiary/aromatic N) is 4. The molecule has 1 atom stereocenters. The summed E-state index contributed by atoms with van der Waals surface area (Å²) in [4.78, 5) is 14.4. The van der Waals surface area contributed by atoms with Crippen LogP contribution in [0.1, 0.15) is 32.8 Å². The van der Waals surface area contributed by atoms with Gasteiger partial charge in [0.15, 0.2) is 5.82 Å². The molecule has 1 aliphatic rings. The molecule has 0 unspecified atom stereocenters. The fourth-order valence-corrected chi connectivity index (χ4v) is 4.60. The average Bonchev–Trinajstić information content (AvgIpc) is 2.75. The Kier molecular flexibility index (Phi) is 6.65. The third-order valence-electron chi connectivity index (χ3n) is 5.97. The van der Waals surface area contributed by atoms with Gasteiger partial charge in [-0.25, -0.2) is 9.97 Å². The Morgan fingerprint density at radius 1 is 1.00 bits per heavy atom. The van der Waals surface area contributed by atoms with Gasteiger partial charge in [0, 0.05) is 68.9 Å². The Bertz CT molecular complexity index is 991. The van der Waals surface area contributed by atoms with Crippen LogP contribution in [-0.2, 0) is 6.54 Å². The summed E-state index contributed by atoms with van der Waals surface area (Å²) in [5.74, 6) is 0.772. The first kappa shape index (κ1) is 21.9. The van der Waals surface area contributed by atoms with Gasteiger partial charge in [0.05, 0.1) is 0 Å². The summed E-state index contributed by atoms with van der Waals surface area (Å²) in [5.41, 5.74) is 2.47. The Hall–Kier alpha value is -2.34. The fourth-order valence-electron chi connectivity index (χ4n) is 4.60. The molecule has 0 spiro atoms. The Balaban J connectivity index is 1.44. The molecule has 1 aliphatic heterocycles. The normalized spacial score (nSPS) is 18.5. The lowest BCUT2D eigenvalue weighted by Gasteiger charge is -2.43. The van der Waals surface area contributed by atoms with Crippen LogP contribution < -0.4 is 0 Å². The number of rotatable bonds is 6. The van der Waals surface area contributed by atoms with Crippen molar-refractivity contribution in [2.24, 2.45) is 5.41 Å². The quantitative estimate of drug-likeness (QED) is 0.650. The van der Waals surface area contributed by atoms with Crippen molar-refractivity contribution in [2.75, 3.05) is 32.8 Å². The maximum absolute atomic E-state index is 9.56. The second-order valence-corrected chi connectivity index (χ2v) is 9.87. The van der Waals surface area contributed by atoms with Crippen molar-refractivity contribution in [3.05, 3.63) is 60.4 Å². The standard InChI is InChI=1S/C26H34N4O/c1-26(2,3)19-30-13-12-29(18-22(30)11-14-31)17-20-15-27-25(28-16-20)24-10-6-8-21-7-4-5-9-23(21)24/h4-10,15-16,22,31H,11-14,17-19H2,1-3H3/t22-/m1/s1. The van der Waals surface area contributed by atoms with Gasteiger partial charge >= 0.3 is 0 Å². The number of fused-ring (bicyclic) bond motifs is 1. The van der Waals surface area contributed by atoms with Crippen molar-refractivity contribution in [2.45, 2.75) is 39.8 Å². The molecule has 5 nitrogen and oxygen atoms in total. The van der Waals surface area contributed by atoms with E-state index < -0.39 is 0 Å². The summed E-state index contributed by atoms with van der Waals surface area (Å²) in [5, 5.41) is 11.9. The van der Waals surface area contributed by atoms with E-state index in [0.29, 0.717) is 6.04 Å². The number of hydrogen-bond acceptors (Lipinski definition) is 5. The zero-order valence-corrected chi connectivity index (χ0v) is 19.0. The molecule has 1 saturated heterocycles. The number of aromatic nitrogens is 2. The largest absolute Gasteiger partial charge is 0.396 e. The minimum atomic E-state index is 0.238. The van der Waals surface area contributed by atoms with Gasteiger partial charge in [-0.3, -0.25) is 9.80 Å². The SMILES string of the molecule is CC(C)(C)CN1CCN(Cc2cnc(-c3cccc4ccccc34)nc2)C[C@H]1CCO. The van der Waals surface area contributed by atoms with Crippen molar-refractivity contribution in [1.82, 2.24) is 19.8 Å². The molecule has 5 heteroatoms. The van der Waals surface area contributed by atoms with Crippen molar-refractivity contribution < 1.29 is 5.11 Å². The van der Waals surface area contributed by atoms with Crippen LogP contribution >= 0.6 is 0 Å². The topological polar surface area (TPSA) is 52.5 Å². The smallest absolute Gasteiger partial charge is 0.159 e. The molecule has 2 heterocycles. The molecule has 0 amide bonds. The van der Waals surface area contributed by atoms with Crippen LogP contribution in [0.5, 0.6) is 0 Å². The number of hydrogen-bond donors (Lipinski definition) is 1. The van der Waals surface area contributed by atoms with Gasteiger partial charge in [0.1, 0.15) is 0 Å². The number of benzene rings is 2. The van der Waals surface area contributed by atoms with Crippen LogP contribution in [0.3, 0.4) is 0 Å². The minimum Gasteiger partial charge on any atom is -0.396 e. The molecule has 31 heavy (non-hydrogen) atoms. The van der Waals surface area contributed by atoms with E-state index in [1.165, 1.54) is 10.8 Å². The predicted octanol–water partition coefficient (Wildman–Crippen LogP) is 4.21. The number of piperazine rings is 1. The minimum absolute atomic E-state index is 0.238. The van der Waals surface area contributed by atoms with Gasteiger partial charge < -0.3 is 5.11 Å². The summed E-state index contributed by atoms with van der Waals surface area (Å²) in [6.07, 6.45) is 4.75. The van der Waals surface area contributed by atoms with Gasteiger partial charge in [-0.1, -0.05) is 63.2 Å². The van der Waals surface area contributed by atoms with Gasteiger partial charge in [-0.15, -0.1) is 0 Å². The van der Waals surface area contributed by atoms with E-state index in [4.69, 9.17) is 9.97 Å². The maximum atomic E-state index is 9.56. The molecule has 4 rings (SSSR count). The molecule has 0 saturated carbocycles. The molecule has 0 aliphatic carbocycles. The Labute approximate surface area is 185 Å². The van der Waals surface area contributed by atoms with Crippen LogP contribution in [0.2, 0.25) is 0 Å². The molecule has 1 aromatic heterocycles. The Morgan fingerprint density at radius 2 is 1.74 bits per heavy atom. The first-order chi connectivity index (χ1) is 14.9.